The van der Waals surface area contributed by atoms with E-state index in [4.69, 9.17) is 0 Å². The quantitative estimate of drug-likeness (QED) is 0.602. The predicted molar refractivity (Wildman–Crippen MR) is 116 cm³/mol. The molecule has 1 aromatic carbocycles. The summed E-state index contributed by atoms with van der Waals surface area (Å²) < 4.78 is 26.6. The molecule has 2 saturated heterocycles. The van der Waals surface area contributed by atoms with Crippen LogP contribution in [0.3, 0.4) is 0 Å². The van der Waals surface area contributed by atoms with Gasteiger partial charge in [0.1, 0.15) is 0 Å². The van der Waals surface area contributed by atoms with Gasteiger partial charge in [-0.1, -0.05) is 12.1 Å². The molecule has 0 N–H and O–H groups in total. The van der Waals surface area contributed by atoms with Gasteiger partial charge in [0.2, 0.25) is 5.91 Å². The molecule has 5 rings (SSSR count). The maximum absolute atomic E-state index is 13.0. The lowest BCUT2D eigenvalue weighted by molar-refractivity contribution is -0.135. The highest BCUT2D eigenvalue weighted by atomic mass is 32.2. The van der Waals surface area contributed by atoms with Crippen LogP contribution in [-0.2, 0) is 14.6 Å². The van der Waals surface area contributed by atoms with Gasteiger partial charge < -0.3 is 4.90 Å². The zero-order valence-electron chi connectivity index (χ0n) is 16.5. The zero-order chi connectivity index (χ0) is 20.7. The molecule has 30 heavy (non-hydrogen) atoms. The van der Waals surface area contributed by atoms with Crippen LogP contribution < -0.4 is 0 Å². The van der Waals surface area contributed by atoms with E-state index in [1.807, 2.05) is 23.2 Å². The van der Waals surface area contributed by atoms with Crippen LogP contribution in [-0.4, -0.2) is 47.0 Å². The van der Waals surface area contributed by atoms with E-state index in [2.05, 4.69) is 16.0 Å². The summed E-state index contributed by atoms with van der Waals surface area (Å²) in [4.78, 5) is 24.0. The molecule has 2 bridgehead atoms. The number of carbonyl (C=O) groups is 1. The van der Waals surface area contributed by atoms with Gasteiger partial charge in [-0.3, -0.25) is 9.78 Å². The van der Waals surface area contributed by atoms with Crippen LogP contribution in [0.25, 0.3) is 10.2 Å². The number of aromatic nitrogens is 2. The fourth-order valence-corrected chi connectivity index (χ4v) is 7.57. The Hall–Kier alpha value is -2.32. The maximum atomic E-state index is 13.0. The van der Waals surface area contributed by atoms with E-state index in [1.54, 1.807) is 23.7 Å². The average molecular weight is 442 g/mol. The van der Waals surface area contributed by atoms with Gasteiger partial charge >= 0.3 is 0 Å². The third-order valence-corrected chi connectivity index (χ3v) is 9.12. The van der Waals surface area contributed by atoms with Crippen LogP contribution in [0.5, 0.6) is 0 Å². The number of nitrogens with zero attached hydrogens (tertiary/aromatic N) is 3. The van der Waals surface area contributed by atoms with Crippen molar-refractivity contribution in [2.24, 2.45) is 0 Å². The van der Waals surface area contributed by atoms with Crippen LogP contribution in [0, 0.1) is 0 Å². The molecule has 2 unspecified atom stereocenters. The Labute approximate surface area is 179 Å². The number of benzene rings is 1. The van der Waals surface area contributed by atoms with Gasteiger partial charge in [-0.15, -0.1) is 11.3 Å². The summed E-state index contributed by atoms with van der Waals surface area (Å²) in [6.07, 6.45) is 5.65. The topological polar surface area (TPSA) is 80.2 Å². The van der Waals surface area contributed by atoms with Crippen LogP contribution >= 0.6 is 11.3 Å². The first-order valence-corrected chi connectivity index (χ1v) is 12.8. The molecule has 2 atom stereocenters. The Balaban J connectivity index is 1.28. The van der Waals surface area contributed by atoms with Crippen molar-refractivity contribution < 1.29 is 13.2 Å². The molecule has 8 heteroatoms. The predicted octanol–water partition coefficient (Wildman–Crippen LogP) is 3.79. The molecule has 2 aromatic heterocycles. The highest BCUT2D eigenvalue weighted by Gasteiger charge is 2.43. The largest absolute Gasteiger partial charge is 0.337 e. The van der Waals surface area contributed by atoms with E-state index in [1.165, 1.54) is 11.3 Å². The minimum Gasteiger partial charge on any atom is -0.337 e. The smallest absolute Gasteiger partial charge is 0.224 e. The first-order valence-electron chi connectivity index (χ1n) is 10.3. The number of amides is 1. The molecular formula is C22H23N3O3S2. The lowest BCUT2D eigenvalue weighted by Crippen LogP contribution is -2.46. The van der Waals surface area contributed by atoms with Crippen LogP contribution in [0.15, 0.2) is 53.0 Å². The lowest BCUT2D eigenvalue weighted by atomic mass is 9.87. The number of hydrogen-bond donors (Lipinski definition) is 0. The van der Waals surface area contributed by atoms with Gasteiger partial charge in [0.05, 0.1) is 26.4 Å². The highest BCUT2D eigenvalue weighted by molar-refractivity contribution is 7.91. The van der Waals surface area contributed by atoms with Crippen LogP contribution in [0.2, 0.25) is 0 Å². The molecule has 1 amide bonds. The van der Waals surface area contributed by atoms with Gasteiger partial charge in [-0.25, -0.2) is 13.4 Å². The average Bonchev–Trinajstić information content (AvgIpc) is 3.34. The Kier molecular flexibility index (Phi) is 5.06. The third-order valence-electron chi connectivity index (χ3n) is 6.37. The molecule has 0 saturated carbocycles. The lowest BCUT2D eigenvalue weighted by Gasteiger charge is -2.39. The van der Waals surface area contributed by atoms with E-state index in [9.17, 15) is 13.2 Å². The van der Waals surface area contributed by atoms with Crippen molar-refractivity contribution in [2.75, 3.05) is 5.75 Å². The number of hydrogen-bond acceptors (Lipinski definition) is 6. The zero-order valence-corrected chi connectivity index (χ0v) is 18.1. The Morgan fingerprint density at radius 3 is 2.60 bits per heavy atom. The van der Waals surface area contributed by atoms with Crippen molar-refractivity contribution in [3.63, 3.8) is 0 Å². The monoisotopic (exact) mass is 441 g/mol. The Morgan fingerprint density at radius 2 is 1.87 bits per heavy atom. The van der Waals surface area contributed by atoms with Gasteiger partial charge in [-0.05, 0) is 49.9 Å². The third kappa shape index (κ3) is 3.52. The number of thiazole rings is 1. The number of carbonyl (C=O) groups excluding carboxylic acids is 1. The molecule has 0 aliphatic carbocycles. The van der Waals surface area contributed by atoms with E-state index in [0.29, 0.717) is 16.1 Å². The number of fused-ring (bicyclic) bond motifs is 3. The SMILES string of the molecule is O=C(CCS(=O)(=O)c1cccc2ncsc12)N1C2CCC1CC(c1ccccn1)C2. The molecule has 2 fully saturated rings. The summed E-state index contributed by atoms with van der Waals surface area (Å²) in [5.74, 6) is 0.171. The first kappa shape index (κ1) is 19.6. The fraction of sp³-hybridized carbons (Fsp3) is 0.409. The van der Waals surface area contributed by atoms with Gasteiger partial charge in [0.15, 0.2) is 9.84 Å². The highest BCUT2D eigenvalue weighted by Crippen LogP contribution is 2.42. The first-order chi connectivity index (χ1) is 14.5. The number of pyridine rings is 1. The minimum absolute atomic E-state index is 0.0266. The number of piperidine rings is 1. The van der Waals surface area contributed by atoms with Crippen LogP contribution in [0.1, 0.15) is 43.7 Å². The summed E-state index contributed by atoms with van der Waals surface area (Å²) in [6.45, 7) is 0. The van der Waals surface area contributed by atoms with E-state index >= 15 is 0 Å². The van der Waals surface area contributed by atoms with E-state index in [-0.39, 0.29) is 35.1 Å². The summed E-state index contributed by atoms with van der Waals surface area (Å²) in [5, 5.41) is 0. The summed E-state index contributed by atoms with van der Waals surface area (Å²) in [6, 6.07) is 11.5. The molecular weight excluding hydrogens is 418 g/mol. The van der Waals surface area contributed by atoms with Crippen molar-refractivity contribution in [3.05, 3.63) is 53.8 Å². The second-order valence-electron chi connectivity index (χ2n) is 8.13. The molecule has 6 nitrogen and oxygen atoms in total. The standard InChI is InChI=1S/C22H23N3O3S2/c26-21(9-11-30(27,28)20-6-3-5-19-22(20)29-14-24-19)25-16-7-8-17(25)13-15(12-16)18-4-1-2-10-23-18/h1-6,10,14-17H,7-9,11-13H2. The second kappa shape index (κ2) is 7.74. The van der Waals surface area contributed by atoms with Crippen molar-refractivity contribution in [3.8, 4) is 0 Å². The summed E-state index contributed by atoms with van der Waals surface area (Å²) >= 11 is 1.32. The molecule has 3 aromatic rings. The van der Waals surface area contributed by atoms with Crippen molar-refractivity contribution in [1.29, 1.82) is 0 Å². The van der Waals surface area contributed by atoms with Crippen molar-refractivity contribution >= 4 is 37.3 Å². The number of sulfone groups is 1. The van der Waals surface area contributed by atoms with Gasteiger partial charge in [-0.2, -0.15) is 0 Å². The molecule has 2 aliphatic rings. The Morgan fingerprint density at radius 1 is 1.07 bits per heavy atom. The van der Waals surface area contributed by atoms with Crippen LogP contribution in [0.4, 0.5) is 0 Å². The molecule has 4 heterocycles. The summed E-state index contributed by atoms with van der Waals surface area (Å²) in [5.41, 5.74) is 3.43. The molecule has 156 valence electrons. The molecule has 2 aliphatic heterocycles. The second-order valence-corrected chi connectivity index (χ2v) is 11.1. The Bertz CT molecular complexity index is 1160. The molecule has 0 radical (unpaired) electrons. The fourth-order valence-electron chi connectivity index (χ4n) is 5.01. The number of rotatable bonds is 5. The van der Waals surface area contributed by atoms with Crippen molar-refractivity contribution in [1.82, 2.24) is 14.9 Å². The van der Waals surface area contributed by atoms with E-state index < -0.39 is 9.84 Å². The minimum atomic E-state index is -3.55. The van der Waals surface area contributed by atoms with Crippen molar-refractivity contribution in [2.45, 2.75) is 55.0 Å². The van der Waals surface area contributed by atoms with E-state index in [0.717, 1.165) is 31.4 Å². The van der Waals surface area contributed by atoms with Gasteiger partial charge in [0, 0.05) is 36.3 Å². The summed E-state index contributed by atoms with van der Waals surface area (Å²) in [7, 11) is -3.55. The molecule has 0 spiro atoms. The maximum Gasteiger partial charge on any atom is 0.224 e. The van der Waals surface area contributed by atoms with Gasteiger partial charge in [0.25, 0.3) is 0 Å². The normalized spacial score (nSPS) is 23.7.